The Balaban J connectivity index is 1.87. The molecule has 102 valence electrons. The summed E-state index contributed by atoms with van der Waals surface area (Å²) in [4.78, 5) is 4.41. The van der Waals surface area contributed by atoms with Gasteiger partial charge in [0.1, 0.15) is 11.3 Å². The van der Waals surface area contributed by atoms with E-state index in [0.717, 1.165) is 49.4 Å². The number of benzene rings is 1. The highest BCUT2D eigenvalue weighted by Crippen LogP contribution is 2.28. The van der Waals surface area contributed by atoms with Gasteiger partial charge in [-0.3, -0.25) is 0 Å². The Bertz CT molecular complexity index is 573. The average Bonchev–Trinajstić information content (AvgIpc) is 3.03. The third-order valence-corrected chi connectivity index (χ3v) is 3.78. The Hall–Kier alpha value is -1.75. The topological polar surface area (TPSA) is 62.3 Å². The SMILES string of the molecule is COc1cccc2c1nc(N)n2CCC1CCOC1. The molecule has 19 heavy (non-hydrogen) atoms. The minimum Gasteiger partial charge on any atom is -0.494 e. The molecular formula is C14H19N3O2. The van der Waals surface area contributed by atoms with Gasteiger partial charge in [0.25, 0.3) is 0 Å². The van der Waals surface area contributed by atoms with E-state index in [2.05, 4.69) is 9.55 Å². The molecule has 1 atom stereocenters. The minimum atomic E-state index is 0.554. The zero-order chi connectivity index (χ0) is 13.2. The minimum absolute atomic E-state index is 0.554. The molecule has 5 nitrogen and oxygen atoms in total. The van der Waals surface area contributed by atoms with Gasteiger partial charge in [-0.1, -0.05) is 6.07 Å². The summed E-state index contributed by atoms with van der Waals surface area (Å²) in [5.41, 5.74) is 7.90. The summed E-state index contributed by atoms with van der Waals surface area (Å²) in [5.74, 6) is 1.97. The summed E-state index contributed by atoms with van der Waals surface area (Å²) >= 11 is 0. The first-order valence-electron chi connectivity index (χ1n) is 6.66. The second-order valence-corrected chi connectivity index (χ2v) is 4.97. The van der Waals surface area contributed by atoms with Crippen LogP contribution in [0.25, 0.3) is 11.0 Å². The molecule has 1 aliphatic rings. The van der Waals surface area contributed by atoms with E-state index in [0.29, 0.717) is 11.9 Å². The molecule has 1 aromatic carbocycles. The van der Waals surface area contributed by atoms with Crippen LogP contribution in [0.4, 0.5) is 5.95 Å². The number of nitrogens with two attached hydrogens (primary N) is 1. The Labute approximate surface area is 112 Å². The van der Waals surface area contributed by atoms with Gasteiger partial charge in [0.05, 0.1) is 12.6 Å². The lowest BCUT2D eigenvalue weighted by Gasteiger charge is -2.10. The molecule has 2 heterocycles. The van der Waals surface area contributed by atoms with Gasteiger partial charge in [0, 0.05) is 19.8 Å². The van der Waals surface area contributed by atoms with Crippen molar-refractivity contribution in [3.63, 3.8) is 0 Å². The molecule has 0 saturated carbocycles. The number of ether oxygens (including phenoxy) is 2. The number of para-hydroxylation sites is 1. The van der Waals surface area contributed by atoms with Crippen LogP contribution in [0.5, 0.6) is 5.75 Å². The first-order valence-corrected chi connectivity index (χ1v) is 6.66. The zero-order valence-electron chi connectivity index (χ0n) is 11.1. The summed E-state index contributed by atoms with van der Waals surface area (Å²) in [5, 5.41) is 0. The number of fused-ring (bicyclic) bond motifs is 1. The van der Waals surface area contributed by atoms with Crippen molar-refractivity contribution >= 4 is 17.0 Å². The standard InChI is InChI=1S/C14H19N3O2/c1-18-12-4-2-3-11-13(12)16-14(15)17(11)7-5-10-6-8-19-9-10/h2-4,10H,5-9H2,1H3,(H2,15,16). The number of hydrogen-bond acceptors (Lipinski definition) is 4. The van der Waals surface area contributed by atoms with Crippen molar-refractivity contribution in [2.45, 2.75) is 19.4 Å². The van der Waals surface area contributed by atoms with Crippen LogP contribution in [-0.4, -0.2) is 29.9 Å². The lowest BCUT2D eigenvalue weighted by atomic mass is 10.1. The van der Waals surface area contributed by atoms with Crippen molar-refractivity contribution in [1.82, 2.24) is 9.55 Å². The van der Waals surface area contributed by atoms with Gasteiger partial charge >= 0.3 is 0 Å². The van der Waals surface area contributed by atoms with Crippen LogP contribution in [-0.2, 0) is 11.3 Å². The predicted octanol–water partition coefficient (Wildman–Crippen LogP) is 2.05. The van der Waals surface area contributed by atoms with Gasteiger partial charge in [-0.15, -0.1) is 0 Å². The zero-order valence-corrected chi connectivity index (χ0v) is 11.1. The van der Waals surface area contributed by atoms with Crippen LogP contribution in [0.2, 0.25) is 0 Å². The number of anilines is 1. The molecule has 1 saturated heterocycles. The fourth-order valence-corrected chi connectivity index (χ4v) is 2.66. The van der Waals surface area contributed by atoms with E-state index in [9.17, 15) is 0 Å². The Morgan fingerprint density at radius 3 is 3.16 bits per heavy atom. The van der Waals surface area contributed by atoms with Crippen molar-refractivity contribution in [2.24, 2.45) is 5.92 Å². The Morgan fingerprint density at radius 1 is 1.53 bits per heavy atom. The maximum Gasteiger partial charge on any atom is 0.201 e. The Morgan fingerprint density at radius 2 is 2.42 bits per heavy atom. The Kier molecular flexibility index (Phi) is 3.29. The van der Waals surface area contributed by atoms with Crippen LogP contribution in [0, 0.1) is 5.92 Å². The van der Waals surface area contributed by atoms with E-state index < -0.39 is 0 Å². The smallest absolute Gasteiger partial charge is 0.201 e. The first-order chi connectivity index (χ1) is 9.29. The van der Waals surface area contributed by atoms with E-state index in [4.69, 9.17) is 15.2 Å². The van der Waals surface area contributed by atoms with E-state index in [-0.39, 0.29) is 0 Å². The second-order valence-electron chi connectivity index (χ2n) is 4.97. The van der Waals surface area contributed by atoms with Gasteiger partial charge in [-0.05, 0) is 30.9 Å². The van der Waals surface area contributed by atoms with Crippen molar-refractivity contribution in [1.29, 1.82) is 0 Å². The average molecular weight is 261 g/mol. The predicted molar refractivity (Wildman–Crippen MR) is 74.2 cm³/mol. The molecule has 2 N–H and O–H groups in total. The number of hydrogen-bond donors (Lipinski definition) is 1. The van der Waals surface area contributed by atoms with E-state index >= 15 is 0 Å². The normalized spacial score (nSPS) is 19.1. The molecule has 0 bridgehead atoms. The molecule has 0 radical (unpaired) electrons. The third-order valence-electron chi connectivity index (χ3n) is 3.78. The maximum atomic E-state index is 6.03. The number of aryl methyl sites for hydroxylation is 1. The highest BCUT2D eigenvalue weighted by Gasteiger charge is 2.17. The van der Waals surface area contributed by atoms with Crippen LogP contribution in [0.3, 0.4) is 0 Å². The molecule has 1 fully saturated rings. The van der Waals surface area contributed by atoms with Gasteiger partial charge in [-0.2, -0.15) is 0 Å². The molecule has 0 spiro atoms. The van der Waals surface area contributed by atoms with Gasteiger partial charge in [-0.25, -0.2) is 4.98 Å². The summed E-state index contributed by atoms with van der Waals surface area (Å²) in [6.45, 7) is 2.64. The lowest BCUT2D eigenvalue weighted by Crippen LogP contribution is -2.08. The third kappa shape index (κ3) is 2.26. The molecule has 1 aromatic heterocycles. The summed E-state index contributed by atoms with van der Waals surface area (Å²) in [7, 11) is 1.65. The quantitative estimate of drug-likeness (QED) is 0.915. The molecule has 3 rings (SSSR count). The number of aromatic nitrogens is 2. The van der Waals surface area contributed by atoms with Gasteiger partial charge < -0.3 is 19.8 Å². The summed E-state index contributed by atoms with van der Waals surface area (Å²) in [6.07, 6.45) is 2.22. The van der Waals surface area contributed by atoms with Gasteiger partial charge in [0.2, 0.25) is 5.95 Å². The highest BCUT2D eigenvalue weighted by molar-refractivity contribution is 5.84. The van der Waals surface area contributed by atoms with Gasteiger partial charge in [0.15, 0.2) is 0 Å². The number of methoxy groups -OCH3 is 1. The van der Waals surface area contributed by atoms with Crippen molar-refractivity contribution < 1.29 is 9.47 Å². The first kappa shape index (κ1) is 12.3. The number of nitrogen functional groups attached to an aromatic ring is 1. The molecule has 5 heteroatoms. The fraction of sp³-hybridized carbons (Fsp3) is 0.500. The summed E-state index contributed by atoms with van der Waals surface area (Å²) in [6, 6.07) is 5.91. The molecule has 0 amide bonds. The molecular weight excluding hydrogens is 242 g/mol. The molecule has 1 aliphatic heterocycles. The largest absolute Gasteiger partial charge is 0.494 e. The lowest BCUT2D eigenvalue weighted by molar-refractivity contribution is 0.183. The second kappa shape index (κ2) is 5.09. The van der Waals surface area contributed by atoms with E-state index in [1.54, 1.807) is 7.11 Å². The number of nitrogens with zero attached hydrogens (tertiary/aromatic N) is 2. The van der Waals surface area contributed by atoms with Crippen molar-refractivity contribution in [2.75, 3.05) is 26.1 Å². The van der Waals surface area contributed by atoms with E-state index in [1.807, 2.05) is 18.2 Å². The molecule has 1 unspecified atom stereocenters. The van der Waals surface area contributed by atoms with Crippen LogP contribution in [0.15, 0.2) is 18.2 Å². The fourth-order valence-electron chi connectivity index (χ4n) is 2.66. The number of rotatable bonds is 4. The molecule has 2 aromatic rings. The van der Waals surface area contributed by atoms with Crippen molar-refractivity contribution in [3.8, 4) is 5.75 Å². The monoisotopic (exact) mass is 261 g/mol. The highest BCUT2D eigenvalue weighted by atomic mass is 16.5. The molecule has 0 aliphatic carbocycles. The van der Waals surface area contributed by atoms with Crippen molar-refractivity contribution in [3.05, 3.63) is 18.2 Å². The maximum absolute atomic E-state index is 6.03. The van der Waals surface area contributed by atoms with Crippen LogP contribution in [0.1, 0.15) is 12.8 Å². The van der Waals surface area contributed by atoms with E-state index in [1.165, 1.54) is 0 Å². The number of imidazole rings is 1. The summed E-state index contributed by atoms with van der Waals surface area (Å²) < 4.78 is 12.8. The van der Waals surface area contributed by atoms with Crippen LogP contribution < -0.4 is 10.5 Å². The van der Waals surface area contributed by atoms with Crippen LogP contribution >= 0.6 is 0 Å².